The van der Waals surface area contributed by atoms with E-state index < -0.39 is 5.78 Å². The van der Waals surface area contributed by atoms with Crippen LogP contribution in [-0.4, -0.2) is 18.1 Å². The van der Waals surface area contributed by atoms with Gasteiger partial charge in [0.2, 0.25) is 5.78 Å². The number of carbonyl (C=O) groups is 1. The molecule has 1 aliphatic carbocycles. The Balaban J connectivity index is 2.82. The predicted molar refractivity (Wildman–Crippen MR) is 67.7 cm³/mol. The second-order valence-corrected chi connectivity index (χ2v) is 4.67. The molecular formula is C13H20N2O2. The molecule has 17 heavy (non-hydrogen) atoms. The van der Waals surface area contributed by atoms with Crippen LogP contribution in [0.1, 0.15) is 33.1 Å². The first-order valence-corrected chi connectivity index (χ1v) is 5.82. The smallest absolute Gasteiger partial charge is 0.242 e. The Morgan fingerprint density at radius 1 is 1.53 bits per heavy atom. The molecule has 2 atom stereocenters. The van der Waals surface area contributed by atoms with E-state index in [1.807, 2.05) is 0 Å². The summed E-state index contributed by atoms with van der Waals surface area (Å²) in [4.78, 5) is 11.8. The molecule has 0 bridgehead atoms. The first-order chi connectivity index (χ1) is 7.95. The largest absolute Gasteiger partial charge is 0.486 e. The summed E-state index contributed by atoms with van der Waals surface area (Å²) >= 11 is 0. The SMILES string of the molecule is C=C(N)C(=O)/C(OC1CCC(C)C1)=C(/C)C=N. The number of hydrogen-bond donors (Lipinski definition) is 2. The summed E-state index contributed by atoms with van der Waals surface area (Å²) < 4.78 is 5.70. The zero-order chi connectivity index (χ0) is 13.0. The molecule has 0 aromatic carbocycles. The minimum absolute atomic E-state index is 0.0488. The Labute approximate surface area is 102 Å². The Bertz CT molecular complexity index is 372. The Hall–Kier alpha value is -1.58. The van der Waals surface area contributed by atoms with Crippen LogP contribution in [0.5, 0.6) is 0 Å². The molecule has 1 saturated carbocycles. The number of ether oxygens (including phenoxy) is 1. The maximum absolute atomic E-state index is 11.8. The number of nitrogens with one attached hydrogen (secondary N) is 1. The summed E-state index contributed by atoms with van der Waals surface area (Å²) in [5.74, 6) is 0.384. The molecule has 0 aromatic rings. The van der Waals surface area contributed by atoms with Gasteiger partial charge in [-0.2, -0.15) is 0 Å². The van der Waals surface area contributed by atoms with Crippen molar-refractivity contribution in [2.24, 2.45) is 11.7 Å². The number of allylic oxidation sites excluding steroid dienone is 1. The van der Waals surface area contributed by atoms with Crippen LogP contribution in [0.25, 0.3) is 0 Å². The third-order valence-corrected chi connectivity index (χ3v) is 3.00. The number of Topliss-reactive ketones (excluding diaryl/α,β-unsaturated/α-hetero) is 1. The molecule has 0 heterocycles. The Morgan fingerprint density at radius 2 is 2.18 bits per heavy atom. The lowest BCUT2D eigenvalue weighted by atomic mass is 10.1. The summed E-state index contributed by atoms with van der Waals surface area (Å²) in [6.45, 7) is 7.26. The molecule has 3 N–H and O–H groups in total. The van der Waals surface area contributed by atoms with E-state index in [2.05, 4.69) is 13.5 Å². The summed E-state index contributed by atoms with van der Waals surface area (Å²) in [5.41, 5.74) is 5.84. The van der Waals surface area contributed by atoms with Gasteiger partial charge in [-0.05, 0) is 32.1 Å². The van der Waals surface area contributed by atoms with Gasteiger partial charge in [-0.3, -0.25) is 4.79 Å². The number of ketones is 1. The van der Waals surface area contributed by atoms with E-state index in [-0.39, 0.29) is 17.6 Å². The highest BCUT2D eigenvalue weighted by molar-refractivity contribution is 6.08. The molecule has 0 aliphatic heterocycles. The van der Waals surface area contributed by atoms with Crippen molar-refractivity contribution >= 4 is 12.0 Å². The van der Waals surface area contributed by atoms with Crippen molar-refractivity contribution in [3.05, 3.63) is 23.6 Å². The third kappa shape index (κ3) is 3.44. The molecule has 94 valence electrons. The van der Waals surface area contributed by atoms with E-state index in [4.69, 9.17) is 15.9 Å². The van der Waals surface area contributed by atoms with Gasteiger partial charge in [0.1, 0.15) is 0 Å². The van der Waals surface area contributed by atoms with Gasteiger partial charge in [0, 0.05) is 11.8 Å². The topological polar surface area (TPSA) is 76.2 Å². The number of hydrogen-bond acceptors (Lipinski definition) is 4. The lowest BCUT2D eigenvalue weighted by Crippen LogP contribution is -2.20. The molecule has 1 aliphatic rings. The quantitative estimate of drug-likeness (QED) is 0.436. The lowest BCUT2D eigenvalue weighted by Gasteiger charge is -2.17. The van der Waals surface area contributed by atoms with E-state index in [0.29, 0.717) is 11.5 Å². The standard InChI is InChI=1S/C13H20N2O2/c1-8-4-5-11(6-8)17-13(9(2)7-14)12(16)10(3)15/h7-8,11,14H,3-6,15H2,1-2H3/b13-9+,14-7?. The van der Waals surface area contributed by atoms with Gasteiger partial charge in [-0.15, -0.1) is 0 Å². The van der Waals surface area contributed by atoms with Crippen LogP contribution in [-0.2, 0) is 9.53 Å². The Kier molecular flexibility index (Phi) is 4.49. The van der Waals surface area contributed by atoms with Gasteiger partial charge in [-0.25, -0.2) is 0 Å². The van der Waals surface area contributed by atoms with Gasteiger partial charge in [0.15, 0.2) is 5.76 Å². The average molecular weight is 236 g/mol. The van der Waals surface area contributed by atoms with Crippen molar-refractivity contribution in [3.63, 3.8) is 0 Å². The highest BCUT2D eigenvalue weighted by Gasteiger charge is 2.26. The van der Waals surface area contributed by atoms with E-state index in [9.17, 15) is 4.79 Å². The summed E-state index contributed by atoms with van der Waals surface area (Å²) in [5, 5.41) is 7.20. The highest BCUT2D eigenvalue weighted by Crippen LogP contribution is 2.29. The molecule has 0 saturated heterocycles. The molecule has 1 fully saturated rings. The van der Waals surface area contributed by atoms with Crippen molar-refractivity contribution < 1.29 is 9.53 Å². The first kappa shape index (κ1) is 13.5. The minimum Gasteiger partial charge on any atom is -0.486 e. The Morgan fingerprint density at radius 3 is 2.59 bits per heavy atom. The minimum atomic E-state index is -0.412. The molecule has 0 radical (unpaired) electrons. The van der Waals surface area contributed by atoms with Gasteiger partial charge in [-0.1, -0.05) is 13.5 Å². The second kappa shape index (κ2) is 5.66. The zero-order valence-electron chi connectivity index (χ0n) is 10.5. The number of carbonyl (C=O) groups excluding carboxylic acids is 1. The van der Waals surface area contributed by atoms with Crippen LogP contribution in [0.3, 0.4) is 0 Å². The second-order valence-electron chi connectivity index (χ2n) is 4.67. The number of rotatable bonds is 5. The van der Waals surface area contributed by atoms with E-state index in [1.165, 1.54) is 0 Å². The van der Waals surface area contributed by atoms with Crippen LogP contribution in [0.4, 0.5) is 0 Å². The van der Waals surface area contributed by atoms with Crippen LogP contribution in [0.2, 0.25) is 0 Å². The fraction of sp³-hybridized carbons (Fsp3) is 0.538. The van der Waals surface area contributed by atoms with Gasteiger partial charge >= 0.3 is 0 Å². The third-order valence-electron chi connectivity index (χ3n) is 3.00. The molecular weight excluding hydrogens is 216 g/mol. The predicted octanol–water partition coefficient (Wildman–Crippen LogP) is 2.16. The van der Waals surface area contributed by atoms with Crippen LogP contribution in [0.15, 0.2) is 23.6 Å². The van der Waals surface area contributed by atoms with Crippen molar-refractivity contribution in [2.75, 3.05) is 0 Å². The van der Waals surface area contributed by atoms with Crippen molar-refractivity contribution in [1.82, 2.24) is 0 Å². The van der Waals surface area contributed by atoms with Crippen molar-refractivity contribution in [2.45, 2.75) is 39.2 Å². The van der Waals surface area contributed by atoms with E-state index >= 15 is 0 Å². The fourth-order valence-corrected chi connectivity index (χ4v) is 1.97. The fourth-order valence-electron chi connectivity index (χ4n) is 1.97. The molecule has 0 spiro atoms. The molecule has 4 heteroatoms. The summed E-state index contributed by atoms with van der Waals surface area (Å²) in [6.07, 6.45) is 4.16. The number of nitrogens with two attached hydrogens (primary N) is 1. The maximum atomic E-state index is 11.8. The van der Waals surface area contributed by atoms with E-state index in [1.54, 1.807) is 6.92 Å². The van der Waals surface area contributed by atoms with Crippen molar-refractivity contribution in [3.8, 4) is 0 Å². The van der Waals surface area contributed by atoms with Gasteiger partial charge in [0.05, 0.1) is 11.8 Å². The van der Waals surface area contributed by atoms with Gasteiger partial charge < -0.3 is 15.9 Å². The summed E-state index contributed by atoms with van der Waals surface area (Å²) in [7, 11) is 0. The summed E-state index contributed by atoms with van der Waals surface area (Å²) in [6, 6.07) is 0. The van der Waals surface area contributed by atoms with Crippen LogP contribution >= 0.6 is 0 Å². The van der Waals surface area contributed by atoms with Crippen LogP contribution < -0.4 is 5.73 Å². The molecule has 0 aromatic heterocycles. The highest BCUT2D eigenvalue weighted by atomic mass is 16.5. The first-order valence-electron chi connectivity index (χ1n) is 5.82. The molecule has 0 amide bonds. The van der Waals surface area contributed by atoms with Crippen molar-refractivity contribution in [1.29, 1.82) is 5.41 Å². The normalized spacial score (nSPS) is 25.1. The average Bonchev–Trinajstić information content (AvgIpc) is 2.69. The zero-order valence-corrected chi connectivity index (χ0v) is 10.5. The van der Waals surface area contributed by atoms with E-state index in [0.717, 1.165) is 25.5 Å². The monoisotopic (exact) mass is 236 g/mol. The maximum Gasteiger partial charge on any atom is 0.242 e. The lowest BCUT2D eigenvalue weighted by molar-refractivity contribution is -0.116. The molecule has 1 rings (SSSR count). The molecule has 4 nitrogen and oxygen atoms in total. The molecule has 2 unspecified atom stereocenters. The van der Waals surface area contributed by atoms with Gasteiger partial charge in [0.25, 0.3) is 0 Å². The van der Waals surface area contributed by atoms with Crippen LogP contribution in [0, 0.1) is 11.3 Å².